The summed E-state index contributed by atoms with van der Waals surface area (Å²) >= 11 is 0. The second-order valence-corrected chi connectivity index (χ2v) is 5.95. The van der Waals surface area contributed by atoms with Gasteiger partial charge in [-0.15, -0.1) is 0 Å². The van der Waals surface area contributed by atoms with Gasteiger partial charge in [-0.05, 0) is 19.8 Å². The monoisotopic (exact) mass is 328 g/mol. The van der Waals surface area contributed by atoms with Crippen molar-refractivity contribution in [2.45, 2.75) is 58.7 Å². The summed E-state index contributed by atoms with van der Waals surface area (Å²) in [5.41, 5.74) is 0. The molecule has 2 amide bonds. The highest BCUT2D eigenvalue weighted by molar-refractivity contribution is 5.84. The summed E-state index contributed by atoms with van der Waals surface area (Å²) in [5, 5.41) is 9.04. The molecule has 7 nitrogen and oxygen atoms in total. The summed E-state index contributed by atoms with van der Waals surface area (Å²) in [7, 11) is 0. The first-order chi connectivity index (χ1) is 10.9. The second kappa shape index (κ2) is 9.50. The van der Waals surface area contributed by atoms with Crippen LogP contribution in [0, 0.1) is 0 Å². The third-order valence-corrected chi connectivity index (χ3v) is 3.78. The Morgan fingerprint density at radius 1 is 1.13 bits per heavy atom. The van der Waals surface area contributed by atoms with Crippen molar-refractivity contribution in [1.82, 2.24) is 9.80 Å². The Bertz CT molecular complexity index is 421. The van der Waals surface area contributed by atoms with Gasteiger partial charge in [0.05, 0.1) is 12.6 Å². The number of amides is 2. The lowest BCUT2D eigenvalue weighted by Crippen LogP contribution is -2.51. The minimum Gasteiger partial charge on any atom is -0.479 e. The van der Waals surface area contributed by atoms with Crippen LogP contribution in [0.2, 0.25) is 0 Å². The molecule has 1 aliphatic heterocycles. The molecule has 0 aliphatic carbocycles. The third kappa shape index (κ3) is 6.17. The van der Waals surface area contributed by atoms with E-state index in [1.54, 1.807) is 11.8 Å². The molecular formula is C16H28N2O5. The highest BCUT2D eigenvalue weighted by Gasteiger charge is 2.32. The van der Waals surface area contributed by atoms with Gasteiger partial charge in [0.15, 0.2) is 6.10 Å². The molecule has 0 radical (unpaired) electrons. The molecule has 0 aromatic heterocycles. The lowest BCUT2D eigenvalue weighted by molar-refractivity contribution is -0.166. The zero-order chi connectivity index (χ0) is 17.4. The zero-order valence-corrected chi connectivity index (χ0v) is 14.3. The molecule has 1 saturated heterocycles. The molecule has 0 bridgehead atoms. The van der Waals surface area contributed by atoms with Crippen molar-refractivity contribution in [3.8, 4) is 0 Å². The van der Waals surface area contributed by atoms with Gasteiger partial charge in [0.25, 0.3) is 0 Å². The molecule has 1 rings (SSSR count). The first kappa shape index (κ1) is 19.4. The van der Waals surface area contributed by atoms with Gasteiger partial charge >= 0.3 is 5.97 Å². The Labute approximate surface area is 137 Å². The SMILES string of the molecule is CCCN(CCC)C(=O)CCC(=O)N1CC(C(=O)O)O[C@H](C)C1. The maximum Gasteiger partial charge on any atom is 0.334 e. The second-order valence-electron chi connectivity index (χ2n) is 5.95. The quantitative estimate of drug-likeness (QED) is 0.721. The van der Waals surface area contributed by atoms with Crippen LogP contribution in [0.3, 0.4) is 0 Å². The van der Waals surface area contributed by atoms with E-state index in [-0.39, 0.29) is 37.3 Å². The van der Waals surface area contributed by atoms with Crippen molar-refractivity contribution >= 4 is 17.8 Å². The summed E-state index contributed by atoms with van der Waals surface area (Å²) < 4.78 is 5.29. The molecule has 132 valence electrons. The number of carbonyl (C=O) groups excluding carboxylic acids is 2. The molecule has 1 aliphatic rings. The third-order valence-electron chi connectivity index (χ3n) is 3.78. The van der Waals surface area contributed by atoms with Gasteiger partial charge in [-0.2, -0.15) is 0 Å². The first-order valence-electron chi connectivity index (χ1n) is 8.32. The Balaban J connectivity index is 2.51. The Hall–Kier alpha value is -1.63. The van der Waals surface area contributed by atoms with Crippen molar-refractivity contribution in [2.75, 3.05) is 26.2 Å². The summed E-state index contributed by atoms with van der Waals surface area (Å²) in [4.78, 5) is 38.8. The van der Waals surface area contributed by atoms with E-state index < -0.39 is 12.1 Å². The van der Waals surface area contributed by atoms with Gasteiger partial charge in [0.1, 0.15) is 0 Å². The molecule has 1 heterocycles. The maximum atomic E-state index is 12.3. The van der Waals surface area contributed by atoms with Crippen LogP contribution in [0.1, 0.15) is 46.5 Å². The fourth-order valence-electron chi connectivity index (χ4n) is 2.72. The van der Waals surface area contributed by atoms with Crippen LogP contribution in [-0.2, 0) is 19.1 Å². The minimum atomic E-state index is -1.07. The predicted molar refractivity (Wildman–Crippen MR) is 84.9 cm³/mol. The van der Waals surface area contributed by atoms with E-state index in [2.05, 4.69) is 0 Å². The van der Waals surface area contributed by atoms with E-state index in [4.69, 9.17) is 9.84 Å². The molecule has 1 N–H and O–H groups in total. The molecule has 0 spiro atoms. The minimum absolute atomic E-state index is 0.0156. The van der Waals surface area contributed by atoms with Crippen LogP contribution in [0.25, 0.3) is 0 Å². The highest BCUT2D eigenvalue weighted by atomic mass is 16.5. The molecule has 7 heteroatoms. The zero-order valence-electron chi connectivity index (χ0n) is 14.3. The summed E-state index contributed by atoms with van der Waals surface area (Å²) in [6.07, 6.45) is 0.753. The lowest BCUT2D eigenvalue weighted by atomic mass is 10.1. The average Bonchev–Trinajstić information content (AvgIpc) is 2.51. The molecule has 23 heavy (non-hydrogen) atoms. The smallest absolute Gasteiger partial charge is 0.334 e. The highest BCUT2D eigenvalue weighted by Crippen LogP contribution is 2.13. The van der Waals surface area contributed by atoms with Gasteiger partial charge in [-0.3, -0.25) is 9.59 Å². The van der Waals surface area contributed by atoms with E-state index >= 15 is 0 Å². The van der Waals surface area contributed by atoms with Gasteiger partial charge in [-0.1, -0.05) is 13.8 Å². The molecule has 0 aromatic rings. The molecule has 0 saturated carbocycles. The summed E-state index contributed by atoms with van der Waals surface area (Å²) in [5.74, 6) is -1.27. The number of carboxylic acid groups (broad SMARTS) is 1. The lowest BCUT2D eigenvalue weighted by Gasteiger charge is -2.35. The Kier molecular flexibility index (Phi) is 8.02. The molecule has 2 atom stereocenters. The number of carbonyl (C=O) groups is 3. The number of aliphatic carboxylic acids is 1. The normalized spacial score (nSPS) is 21.1. The van der Waals surface area contributed by atoms with Gasteiger partial charge < -0.3 is 19.6 Å². The summed E-state index contributed by atoms with van der Waals surface area (Å²) in [6, 6.07) is 0. The van der Waals surface area contributed by atoms with Crippen molar-refractivity contribution < 1.29 is 24.2 Å². The Morgan fingerprint density at radius 3 is 2.26 bits per heavy atom. The van der Waals surface area contributed by atoms with E-state index in [0.29, 0.717) is 19.6 Å². The molecule has 1 unspecified atom stereocenters. The van der Waals surface area contributed by atoms with Crippen molar-refractivity contribution in [2.24, 2.45) is 0 Å². The molecular weight excluding hydrogens is 300 g/mol. The van der Waals surface area contributed by atoms with Crippen LogP contribution in [0.5, 0.6) is 0 Å². The largest absolute Gasteiger partial charge is 0.479 e. The van der Waals surface area contributed by atoms with Crippen molar-refractivity contribution in [3.63, 3.8) is 0 Å². The maximum absolute atomic E-state index is 12.3. The van der Waals surface area contributed by atoms with Crippen molar-refractivity contribution in [3.05, 3.63) is 0 Å². The number of hydrogen-bond acceptors (Lipinski definition) is 4. The van der Waals surface area contributed by atoms with E-state index in [0.717, 1.165) is 12.8 Å². The number of morpholine rings is 1. The number of hydrogen-bond donors (Lipinski definition) is 1. The Morgan fingerprint density at radius 2 is 1.74 bits per heavy atom. The topological polar surface area (TPSA) is 87.2 Å². The van der Waals surface area contributed by atoms with Crippen LogP contribution in [0.15, 0.2) is 0 Å². The van der Waals surface area contributed by atoms with Gasteiger partial charge in [-0.25, -0.2) is 4.79 Å². The van der Waals surface area contributed by atoms with Gasteiger partial charge in [0, 0.05) is 32.5 Å². The molecule has 0 aromatic carbocycles. The van der Waals surface area contributed by atoms with Gasteiger partial charge in [0.2, 0.25) is 11.8 Å². The van der Waals surface area contributed by atoms with E-state index in [1.807, 2.05) is 13.8 Å². The van der Waals surface area contributed by atoms with E-state index in [9.17, 15) is 14.4 Å². The number of rotatable bonds is 8. The van der Waals surface area contributed by atoms with Crippen LogP contribution >= 0.6 is 0 Å². The number of ether oxygens (including phenoxy) is 1. The number of nitrogens with zero attached hydrogens (tertiary/aromatic N) is 2. The number of carboxylic acids is 1. The fraction of sp³-hybridized carbons (Fsp3) is 0.812. The van der Waals surface area contributed by atoms with Crippen LogP contribution < -0.4 is 0 Å². The van der Waals surface area contributed by atoms with E-state index in [1.165, 1.54) is 4.90 Å². The fourth-order valence-corrected chi connectivity index (χ4v) is 2.72. The first-order valence-corrected chi connectivity index (χ1v) is 8.32. The van der Waals surface area contributed by atoms with Crippen molar-refractivity contribution in [1.29, 1.82) is 0 Å². The van der Waals surface area contributed by atoms with Crippen LogP contribution in [0.4, 0.5) is 0 Å². The standard InChI is InChI=1S/C16H28N2O5/c1-4-8-17(9-5-2)14(19)6-7-15(20)18-10-12(3)23-13(11-18)16(21)22/h12-13H,4-11H2,1-3H3,(H,21,22)/t12-,13?/m1/s1. The average molecular weight is 328 g/mol. The molecule has 1 fully saturated rings. The van der Waals surface area contributed by atoms with Crippen LogP contribution in [-0.4, -0.2) is 71.1 Å². The summed E-state index contributed by atoms with van der Waals surface area (Å²) in [6.45, 7) is 7.59. The predicted octanol–water partition coefficient (Wildman–Crippen LogP) is 1.12.